The average Bonchev–Trinajstić information content (AvgIpc) is 2.79. The van der Waals surface area contributed by atoms with Gasteiger partial charge in [0.05, 0.1) is 4.90 Å². The zero-order valence-corrected chi connectivity index (χ0v) is 16.4. The lowest BCUT2D eigenvalue weighted by molar-refractivity contribution is -0.118. The van der Waals surface area contributed by atoms with Crippen molar-refractivity contribution in [2.24, 2.45) is 5.92 Å². The van der Waals surface area contributed by atoms with Crippen LogP contribution in [-0.2, 0) is 14.6 Å². The largest absolute Gasteiger partial charge is 0.328 e. The van der Waals surface area contributed by atoms with Crippen molar-refractivity contribution < 1.29 is 13.2 Å². The molecule has 0 radical (unpaired) electrons. The lowest BCUT2D eigenvalue weighted by Crippen LogP contribution is -2.22. The number of nitrogens with zero attached hydrogens (tertiary/aromatic N) is 1. The molecule has 0 bridgehead atoms. The fourth-order valence-corrected chi connectivity index (χ4v) is 4.58. The Morgan fingerprint density at radius 3 is 2.08 bits per heavy atom. The van der Waals surface area contributed by atoms with Crippen molar-refractivity contribution in [2.75, 3.05) is 5.32 Å². The highest BCUT2D eigenvalue weighted by Gasteiger charge is 2.31. The molecule has 0 saturated heterocycles. The number of carbonyl (C=O) groups is 1. The van der Waals surface area contributed by atoms with E-state index >= 15 is 0 Å². The second kappa shape index (κ2) is 7.04. The highest BCUT2D eigenvalue weighted by atomic mass is 32.2. The quantitative estimate of drug-likeness (QED) is 0.870. The number of anilines is 1. The monoisotopic (exact) mass is 362 g/mol. The molecule has 5 nitrogen and oxygen atoms in total. The molecule has 0 aliphatic rings. The van der Waals surface area contributed by atoms with Gasteiger partial charge in [-0.05, 0) is 45.4 Å². The van der Waals surface area contributed by atoms with E-state index in [9.17, 15) is 13.2 Å². The molecule has 0 spiro atoms. The maximum Gasteiger partial charge on any atom is 0.228 e. The first-order chi connectivity index (χ1) is 11.6. The summed E-state index contributed by atoms with van der Waals surface area (Å²) in [5.41, 5.74) is 1.50. The number of nitrogens with one attached hydrogen (secondary N) is 1. The molecule has 0 saturated carbocycles. The van der Waals surface area contributed by atoms with Gasteiger partial charge in [-0.2, -0.15) is 0 Å². The van der Waals surface area contributed by atoms with E-state index in [1.807, 2.05) is 25.3 Å². The lowest BCUT2D eigenvalue weighted by Gasteiger charge is -2.18. The fourth-order valence-electron chi connectivity index (χ4n) is 2.87. The predicted molar refractivity (Wildman–Crippen MR) is 99.7 cm³/mol. The first-order valence-corrected chi connectivity index (χ1v) is 9.89. The van der Waals surface area contributed by atoms with E-state index < -0.39 is 9.84 Å². The van der Waals surface area contributed by atoms with Crippen molar-refractivity contribution in [3.05, 3.63) is 41.6 Å². The van der Waals surface area contributed by atoms with Crippen LogP contribution in [0.1, 0.15) is 45.0 Å². The summed E-state index contributed by atoms with van der Waals surface area (Å²) >= 11 is 0. The topological polar surface area (TPSA) is 68.2 Å². The number of benzene rings is 1. The normalized spacial score (nSPS) is 12.0. The van der Waals surface area contributed by atoms with Crippen LogP contribution in [0.5, 0.6) is 0 Å². The zero-order valence-electron chi connectivity index (χ0n) is 15.6. The molecule has 6 heteroatoms. The SMILES string of the molecule is Cc1c(S(=O)(=O)c2ccccc2)c(NC(=O)C(C)C)n(C(C)C)c1C. The summed E-state index contributed by atoms with van der Waals surface area (Å²) in [4.78, 5) is 12.7. The number of amides is 1. The molecule has 0 fully saturated rings. The van der Waals surface area contributed by atoms with Crippen LogP contribution in [0.15, 0.2) is 40.1 Å². The van der Waals surface area contributed by atoms with Gasteiger partial charge in [0.25, 0.3) is 0 Å². The van der Waals surface area contributed by atoms with Crippen LogP contribution in [0, 0.1) is 19.8 Å². The molecule has 2 aromatic rings. The van der Waals surface area contributed by atoms with Gasteiger partial charge in [-0.25, -0.2) is 8.42 Å². The van der Waals surface area contributed by atoms with E-state index in [1.54, 1.807) is 51.1 Å². The average molecular weight is 362 g/mol. The molecule has 1 amide bonds. The van der Waals surface area contributed by atoms with Crippen LogP contribution >= 0.6 is 0 Å². The van der Waals surface area contributed by atoms with Crippen LogP contribution in [0.25, 0.3) is 0 Å². The summed E-state index contributed by atoms with van der Waals surface area (Å²) in [6, 6.07) is 8.33. The van der Waals surface area contributed by atoms with Gasteiger partial charge in [0.15, 0.2) is 0 Å². The second-order valence-corrected chi connectivity index (χ2v) is 8.70. The first kappa shape index (κ1) is 19.2. The molecule has 0 unspecified atom stereocenters. The summed E-state index contributed by atoms with van der Waals surface area (Å²) in [7, 11) is -3.74. The van der Waals surface area contributed by atoms with Crippen LogP contribution in [0.3, 0.4) is 0 Å². The van der Waals surface area contributed by atoms with Gasteiger partial charge in [0.1, 0.15) is 10.7 Å². The van der Waals surface area contributed by atoms with Gasteiger partial charge >= 0.3 is 0 Å². The van der Waals surface area contributed by atoms with Crippen LogP contribution < -0.4 is 5.32 Å². The third kappa shape index (κ3) is 3.49. The lowest BCUT2D eigenvalue weighted by atomic mass is 10.2. The molecule has 1 aromatic heterocycles. The number of sulfone groups is 1. The number of hydrogen-bond donors (Lipinski definition) is 1. The molecule has 1 heterocycles. The van der Waals surface area contributed by atoms with E-state index in [1.165, 1.54) is 0 Å². The van der Waals surface area contributed by atoms with E-state index in [0.717, 1.165) is 5.69 Å². The Labute approximate surface area is 150 Å². The molecular formula is C19H26N2O3S. The standard InChI is InChI=1S/C19H26N2O3S/c1-12(2)19(22)20-18-17(14(5)15(6)21(18)13(3)4)25(23,24)16-10-8-7-9-11-16/h7-13H,1-6H3,(H,20,22). The number of aromatic nitrogens is 1. The third-order valence-corrected chi connectivity index (χ3v) is 6.24. The van der Waals surface area contributed by atoms with Crippen LogP contribution in [0.4, 0.5) is 5.82 Å². The Hall–Kier alpha value is -2.08. The van der Waals surface area contributed by atoms with Crippen molar-refractivity contribution in [2.45, 2.75) is 57.4 Å². The highest BCUT2D eigenvalue weighted by Crippen LogP contribution is 2.37. The summed E-state index contributed by atoms with van der Waals surface area (Å²) in [6.45, 7) is 11.2. The van der Waals surface area contributed by atoms with Crippen LogP contribution in [-0.4, -0.2) is 18.9 Å². The Bertz CT molecular complexity index is 879. The van der Waals surface area contributed by atoms with Gasteiger partial charge in [-0.15, -0.1) is 0 Å². The predicted octanol–water partition coefficient (Wildman–Crippen LogP) is 4.11. The van der Waals surface area contributed by atoms with Crippen molar-refractivity contribution in [1.29, 1.82) is 0 Å². The van der Waals surface area contributed by atoms with E-state index in [0.29, 0.717) is 11.4 Å². The molecule has 2 rings (SSSR count). The van der Waals surface area contributed by atoms with E-state index in [2.05, 4.69) is 5.32 Å². The smallest absolute Gasteiger partial charge is 0.228 e. The maximum atomic E-state index is 13.3. The summed E-state index contributed by atoms with van der Waals surface area (Å²) in [5.74, 6) is -0.0973. The van der Waals surface area contributed by atoms with Gasteiger partial charge in [0.2, 0.25) is 15.7 Å². The minimum absolute atomic E-state index is 0.0147. The summed E-state index contributed by atoms with van der Waals surface area (Å²) < 4.78 is 28.4. The summed E-state index contributed by atoms with van der Waals surface area (Å²) in [6.07, 6.45) is 0. The Morgan fingerprint density at radius 2 is 1.60 bits per heavy atom. The number of hydrogen-bond acceptors (Lipinski definition) is 3. The minimum Gasteiger partial charge on any atom is -0.328 e. The van der Waals surface area contributed by atoms with E-state index in [4.69, 9.17) is 0 Å². The number of rotatable bonds is 5. The maximum absolute atomic E-state index is 13.3. The highest BCUT2D eigenvalue weighted by molar-refractivity contribution is 7.91. The molecule has 25 heavy (non-hydrogen) atoms. The molecule has 1 aromatic carbocycles. The van der Waals surface area contributed by atoms with Gasteiger partial charge < -0.3 is 9.88 Å². The van der Waals surface area contributed by atoms with Crippen molar-refractivity contribution >= 4 is 21.6 Å². The van der Waals surface area contributed by atoms with Crippen molar-refractivity contribution in [1.82, 2.24) is 4.57 Å². The van der Waals surface area contributed by atoms with Crippen LogP contribution in [0.2, 0.25) is 0 Å². The molecular weight excluding hydrogens is 336 g/mol. The minimum atomic E-state index is -3.74. The Balaban J connectivity index is 2.77. The third-order valence-electron chi connectivity index (χ3n) is 4.31. The molecule has 0 aliphatic heterocycles. The fraction of sp³-hybridized carbons (Fsp3) is 0.421. The summed E-state index contributed by atoms with van der Waals surface area (Å²) in [5, 5.41) is 2.84. The van der Waals surface area contributed by atoms with E-state index in [-0.39, 0.29) is 27.7 Å². The Kier molecular flexibility index (Phi) is 5.42. The molecule has 0 aliphatic carbocycles. The van der Waals surface area contributed by atoms with Gasteiger partial charge in [0, 0.05) is 17.7 Å². The first-order valence-electron chi connectivity index (χ1n) is 8.41. The zero-order chi connectivity index (χ0) is 18.9. The molecule has 0 atom stereocenters. The van der Waals surface area contributed by atoms with Crippen molar-refractivity contribution in [3.63, 3.8) is 0 Å². The molecule has 1 N–H and O–H groups in total. The Morgan fingerprint density at radius 1 is 1.04 bits per heavy atom. The van der Waals surface area contributed by atoms with Gasteiger partial charge in [-0.1, -0.05) is 32.0 Å². The van der Waals surface area contributed by atoms with Gasteiger partial charge in [-0.3, -0.25) is 4.79 Å². The number of carbonyl (C=O) groups excluding carboxylic acids is 1. The van der Waals surface area contributed by atoms with Crippen molar-refractivity contribution in [3.8, 4) is 0 Å². The molecule has 136 valence electrons. The second-order valence-electron chi connectivity index (χ2n) is 6.81.